The normalized spacial score (nSPS) is 15.9. The Hall–Kier alpha value is -0.530. The van der Waals surface area contributed by atoms with Crippen LogP contribution in [0.4, 0.5) is 0 Å². The summed E-state index contributed by atoms with van der Waals surface area (Å²) in [7, 11) is 0. The lowest BCUT2D eigenvalue weighted by atomic mass is 10.1. The van der Waals surface area contributed by atoms with Crippen molar-refractivity contribution in [3.63, 3.8) is 0 Å². The molecule has 0 unspecified atom stereocenters. The van der Waals surface area contributed by atoms with E-state index in [2.05, 4.69) is 18.7 Å². The van der Waals surface area contributed by atoms with Gasteiger partial charge in [-0.05, 0) is 25.7 Å². The summed E-state index contributed by atoms with van der Waals surface area (Å²) in [6.45, 7) is 6.44. The van der Waals surface area contributed by atoms with Crippen LogP contribution in [0.25, 0.3) is 0 Å². The summed E-state index contributed by atoms with van der Waals surface area (Å²) in [6.07, 6.45) is 13.6. The summed E-state index contributed by atoms with van der Waals surface area (Å²) in [5.41, 5.74) is 0. The Balaban J connectivity index is 2.30. The highest BCUT2D eigenvalue weighted by atomic mass is 16.2. The minimum atomic E-state index is 0.354. The van der Waals surface area contributed by atoms with E-state index in [0.29, 0.717) is 11.8 Å². The first kappa shape index (κ1) is 16.5. The minimum Gasteiger partial charge on any atom is -0.342 e. The SMILES string of the molecule is CCCCCCCN(CCCC)C(=O)C1CCCC1. The molecule has 0 aromatic rings. The van der Waals surface area contributed by atoms with Gasteiger partial charge in [-0.15, -0.1) is 0 Å². The number of hydrogen-bond acceptors (Lipinski definition) is 1. The molecule has 0 saturated heterocycles. The number of rotatable bonds is 10. The number of hydrogen-bond donors (Lipinski definition) is 0. The Morgan fingerprint density at radius 1 is 0.895 bits per heavy atom. The van der Waals surface area contributed by atoms with Crippen molar-refractivity contribution in [1.82, 2.24) is 4.90 Å². The molecule has 0 spiro atoms. The average molecular weight is 267 g/mol. The molecule has 1 aliphatic carbocycles. The van der Waals surface area contributed by atoms with E-state index in [1.807, 2.05) is 0 Å². The van der Waals surface area contributed by atoms with Crippen LogP contribution in [0.5, 0.6) is 0 Å². The van der Waals surface area contributed by atoms with Gasteiger partial charge >= 0.3 is 0 Å². The molecule has 0 radical (unpaired) electrons. The smallest absolute Gasteiger partial charge is 0.225 e. The van der Waals surface area contributed by atoms with Gasteiger partial charge in [0.15, 0.2) is 0 Å². The minimum absolute atomic E-state index is 0.354. The fourth-order valence-corrected chi connectivity index (χ4v) is 3.02. The third-order valence-corrected chi connectivity index (χ3v) is 4.33. The first-order chi connectivity index (χ1) is 9.29. The zero-order valence-electron chi connectivity index (χ0n) is 13.1. The molecule has 0 heterocycles. The van der Waals surface area contributed by atoms with Crippen LogP contribution in [-0.4, -0.2) is 23.9 Å². The summed E-state index contributed by atoms with van der Waals surface area (Å²) in [5, 5.41) is 0. The summed E-state index contributed by atoms with van der Waals surface area (Å²) >= 11 is 0. The number of nitrogens with zero attached hydrogens (tertiary/aromatic N) is 1. The Bertz CT molecular complexity index is 233. The largest absolute Gasteiger partial charge is 0.342 e. The molecule has 19 heavy (non-hydrogen) atoms. The van der Waals surface area contributed by atoms with Gasteiger partial charge in [0.05, 0.1) is 0 Å². The molecule has 1 rings (SSSR count). The molecular formula is C17H33NO. The molecule has 0 atom stereocenters. The standard InChI is InChI=1S/C17H33NO/c1-3-5-7-8-11-15-18(14-6-4-2)17(19)16-12-9-10-13-16/h16H,3-15H2,1-2H3. The molecule has 0 aromatic heterocycles. The molecule has 112 valence electrons. The van der Waals surface area contributed by atoms with E-state index in [0.717, 1.165) is 32.4 Å². The van der Waals surface area contributed by atoms with Gasteiger partial charge in [0.25, 0.3) is 0 Å². The maximum Gasteiger partial charge on any atom is 0.225 e. The number of carbonyl (C=O) groups excluding carboxylic acids is 1. The van der Waals surface area contributed by atoms with Crippen LogP contribution in [0.15, 0.2) is 0 Å². The first-order valence-electron chi connectivity index (χ1n) is 8.58. The maximum absolute atomic E-state index is 12.5. The molecule has 1 amide bonds. The monoisotopic (exact) mass is 267 g/mol. The predicted octanol–water partition coefficient (Wildman–Crippen LogP) is 4.78. The van der Waals surface area contributed by atoms with Gasteiger partial charge in [-0.25, -0.2) is 0 Å². The van der Waals surface area contributed by atoms with E-state index in [-0.39, 0.29) is 0 Å². The highest BCUT2D eigenvalue weighted by molar-refractivity contribution is 5.79. The van der Waals surface area contributed by atoms with Crippen molar-refractivity contribution in [2.45, 2.75) is 84.5 Å². The molecule has 1 saturated carbocycles. The fraction of sp³-hybridized carbons (Fsp3) is 0.941. The van der Waals surface area contributed by atoms with Crippen molar-refractivity contribution in [1.29, 1.82) is 0 Å². The van der Waals surface area contributed by atoms with E-state index in [4.69, 9.17) is 0 Å². The van der Waals surface area contributed by atoms with E-state index < -0.39 is 0 Å². The molecule has 1 fully saturated rings. The third-order valence-electron chi connectivity index (χ3n) is 4.33. The number of unbranched alkanes of at least 4 members (excludes halogenated alkanes) is 5. The van der Waals surface area contributed by atoms with Crippen LogP contribution in [0.2, 0.25) is 0 Å². The summed E-state index contributed by atoms with van der Waals surface area (Å²) in [6, 6.07) is 0. The van der Waals surface area contributed by atoms with E-state index in [1.165, 1.54) is 51.4 Å². The van der Waals surface area contributed by atoms with Gasteiger partial charge in [-0.2, -0.15) is 0 Å². The van der Waals surface area contributed by atoms with Crippen molar-refractivity contribution in [2.24, 2.45) is 5.92 Å². The van der Waals surface area contributed by atoms with Crippen LogP contribution in [0, 0.1) is 5.92 Å². The van der Waals surface area contributed by atoms with Crippen molar-refractivity contribution in [3.8, 4) is 0 Å². The summed E-state index contributed by atoms with van der Waals surface area (Å²) in [4.78, 5) is 14.7. The van der Waals surface area contributed by atoms with Crippen LogP contribution in [0.1, 0.15) is 84.5 Å². The lowest BCUT2D eigenvalue weighted by Crippen LogP contribution is -2.36. The highest BCUT2D eigenvalue weighted by Gasteiger charge is 2.26. The first-order valence-corrected chi connectivity index (χ1v) is 8.58. The van der Waals surface area contributed by atoms with Gasteiger partial charge in [-0.3, -0.25) is 4.79 Å². The average Bonchev–Trinajstić information content (AvgIpc) is 2.95. The van der Waals surface area contributed by atoms with Gasteiger partial charge in [0.1, 0.15) is 0 Å². The zero-order chi connectivity index (χ0) is 13.9. The van der Waals surface area contributed by atoms with Crippen LogP contribution >= 0.6 is 0 Å². The molecule has 2 nitrogen and oxygen atoms in total. The topological polar surface area (TPSA) is 20.3 Å². The maximum atomic E-state index is 12.5. The summed E-state index contributed by atoms with van der Waals surface area (Å²) < 4.78 is 0. The second-order valence-electron chi connectivity index (χ2n) is 6.07. The van der Waals surface area contributed by atoms with Crippen molar-refractivity contribution >= 4 is 5.91 Å². The zero-order valence-corrected chi connectivity index (χ0v) is 13.1. The summed E-state index contributed by atoms with van der Waals surface area (Å²) in [5.74, 6) is 0.814. The molecular weight excluding hydrogens is 234 g/mol. The van der Waals surface area contributed by atoms with E-state index in [9.17, 15) is 4.79 Å². The van der Waals surface area contributed by atoms with Gasteiger partial charge in [-0.1, -0.05) is 58.8 Å². The Morgan fingerprint density at radius 2 is 1.47 bits per heavy atom. The molecule has 0 bridgehead atoms. The molecule has 1 aliphatic rings. The number of amides is 1. The Kier molecular flexibility index (Phi) is 8.94. The fourth-order valence-electron chi connectivity index (χ4n) is 3.02. The Labute approximate surface area is 119 Å². The third kappa shape index (κ3) is 6.44. The Morgan fingerprint density at radius 3 is 2.11 bits per heavy atom. The molecule has 0 aromatic carbocycles. The van der Waals surface area contributed by atoms with Crippen LogP contribution < -0.4 is 0 Å². The van der Waals surface area contributed by atoms with E-state index in [1.54, 1.807) is 0 Å². The molecule has 2 heteroatoms. The van der Waals surface area contributed by atoms with Gasteiger partial charge < -0.3 is 4.90 Å². The number of carbonyl (C=O) groups is 1. The second kappa shape index (κ2) is 10.3. The van der Waals surface area contributed by atoms with E-state index >= 15 is 0 Å². The van der Waals surface area contributed by atoms with Crippen LogP contribution in [0.3, 0.4) is 0 Å². The van der Waals surface area contributed by atoms with Crippen molar-refractivity contribution in [3.05, 3.63) is 0 Å². The van der Waals surface area contributed by atoms with Crippen molar-refractivity contribution < 1.29 is 4.79 Å². The molecule has 0 aliphatic heterocycles. The predicted molar refractivity (Wildman–Crippen MR) is 82.2 cm³/mol. The lowest BCUT2D eigenvalue weighted by molar-refractivity contribution is -0.135. The quantitative estimate of drug-likeness (QED) is 0.522. The van der Waals surface area contributed by atoms with Crippen molar-refractivity contribution in [2.75, 3.05) is 13.1 Å². The molecule has 0 N–H and O–H groups in total. The van der Waals surface area contributed by atoms with Gasteiger partial charge in [0.2, 0.25) is 5.91 Å². The second-order valence-corrected chi connectivity index (χ2v) is 6.07. The highest BCUT2D eigenvalue weighted by Crippen LogP contribution is 2.26. The van der Waals surface area contributed by atoms with Crippen LogP contribution in [-0.2, 0) is 4.79 Å². The van der Waals surface area contributed by atoms with Gasteiger partial charge in [0, 0.05) is 19.0 Å². The lowest BCUT2D eigenvalue weighted by Gasteiger charge is -2.25.